The van der Waals surface area contributed by atoms with Crippen molar-refractivity contribution in [2.75, 3.05) is 13.1 Å². The van der Waals surface area contributed by atoms with Crippen LogP contribution in [0.15, 0.2) is 18.2 Å². The van der Waals surface area contributed by atoms with E-state index in [1.54, 1.807) is 0 Å². The molecular weight excluding hydrogens is 300 g/mol. The van der Waals surface area contributed by atoms with Crippen molar-refractivity contribution in [3.8, 4) is 0 Å². The molecule has 122 valence electrons. The van der Waals surface area contributed by atoms with E-state index in [1.165, 1.54) is 0 Å². The van der Waals surface area contributed by atoms with Crippen LogP contribution in [-0.4, -0.2) is 23.9 Å². The van der Waals surface area contributed by atoms with Crippen LogP contribution in [0.4, 0.5) is 17.6 Å². The van der Waals surface area contributed by atoms with Crippen molar-refractivity contribution in [1.29, 1.82) is 0 Å². The summed E-state index contributed by atoms with van der Waals surface area (Å²) in [5.41, 5.74) is 4.34. The first-order chi connectivity index (χ1) is 10.3. The smallest absolute Gasteiger partial charge is 0.370 e. The monoisotopic (exact) mass is 318 g/mol. The summed E-state index contributed by atoms with van der Waals surface area (Å²) < 4.78 is 51.8. The summed E-state index contributed by atoms with van der Waals surface area (Å²) in [6.07, 6.45) is -2.57. The predicted molar refractivity (Wildman–Crippen MR) is 73.2 cm³/mol. The second-order valence-corrected chi connectivity index (χ2v) is 5.72. The van der Waals surface area contributed by atoms with E-state index in [-0.39, 0.29) is 24.4 Å². The Bertz CT molecular complexity index is 545. The highest BCUT2D eigenvalue weighted by molar-refractivity contribution is 5.74. The third-order valence-electron chi connectivity index (χ3n) is 3.86. The lowest BCUT2D eigenvalue weighted by atomic mass is 9.94. The van der Waals surface area contributed by atoms with Gasteiger partial charge in [0.1, 0.15) is 5.82 Å². The number of piperidine rings is 1. The van der Waals surface area contributed by atoms with E-state index < -0.39 is 23.5 Å². The lowest BCUT2D eigenvalue weighted by Gasteiger charge is -2.32. The average molecular weight is 318 g/mol. The standard InChI is InChI=1S/C15H18F4N2O/c16-13-4-3-12(15(17,18)19)7-11(13)9-21-5-1-2-10(8-21)6-14(20)22/h3-4,7,10H,1-2,5-6,8-9H2,(H2,20,22). The van der Waals surface area contributed by atoms with Crippen LogP contribution in [0.1, 0.15) is 30.4 Å². The molecule has 0 radical (unpaired) electrons. The Hall–Kier alpha value is -1.63. The van der Waals surface area contributed by atoms with Gasteiger partial charge in [0.2, 0.25) is 5.91 Å². The van der Waals surface area contributed by atoms with Gasteiger partial charge in [-0.25, -0.2) is 4.39 Å². The molecule has 1 aliphatic rings. The molecule has 0 aliphatic carbocycles. The van der Waals surface area contributed by atoms with Gasteiger partial charge in [0.15, 0.2) is 0 Å². The number of alkyl halides is 3. The molecule has 1 fully saturated rings. The number of carbonyl (C=O) groups excluding carboxylic acids is 1. The number of rotatable bonds is 4. The lowest BCUT2D eigenvalue weighted by molar-refractivity contribution is -0.137. The minimum absolute atomic E-state index is 0.0227. The Kier molecular flexibility index (Phi) is 5.05. The van der Waals surface area contributed by atoms with Gasteiger partial charge in [0, 0.05) is 25.1 Å². The van der Waals surface area contributed by atoms with Crippen molar-refractivity contribution in [3.05, 3.63) is 35.1 Å². The second-order valence-electron chi connectivity index (χ2n) is 5.72. The Morgan fingerprint density at radius 2 is 2.09 bits per heavy atom. The number of nitrogens with two attached hydrogens (primary N) is 1. The lowest BCUT2D eigenvalue weighted by Crippen LogP contribution is -2.36. The molecule has 3 nitrogen and oxygen atoms in total. The summed E-state index contributed by atoms with van der Waals surface area (Å²) in [7, 11) is 0. The molecule has 1 heterocycles. The number of primary amides is 1. The van der Waals surface area contributed by atoms with Gasteiger partial charge in [-0.3, -0.25) is 9.69 Å². The fraction of sp³-hybridized carbons (Fsp3) is 0.533. The third-order valence-corrected chi connectivity index (χ3v) is 3.86. The molecule has 1 aromatic carbocycles. The van der Waals surface area contributed by atoms with Crippen LogP contribution >= 0.6 is 0 Å². The van der Waals surface area contributed by atoms with E-state index in [1.807, 2.05) is 4.90 Å². The zero-order valence-corrected chi connectivity index (χ0v) is 12.0. The van der Waals surface area contributed by atoms with E-state index >= 15 is 0 Å². The number of benzene rings is 1. The highest BCUT2D eigenvalue weighted by Crippen LogP contribution is 2.31. The van der Waals surface area contributed by atoms with Crippen molar-refractivity contribution in [1.82, 2.24) is 4.90 Å². The zero-order valence-electron chi connectivity index (χ0n) is 12.0. The highest BCUT2D eigenvalue weighted by atomic mass is 19.4. The van der Waals surface area contributed by atoms with Crippen molar-refractivity contribution >= 4 is 5.91 Å². The molecule has 0 saturated carbocycles. The van der Waals surface area contributed by atoms with Gasteiger partial charge in [-0.05, 0) is 43.5 Å². The number of hydrogen-bond donors (Lipinski definition) is 1. The quantitative estimate of drug-likeness (QED) is 0.868. The summed E-state index contributed by atoms with van der Waals surface area (Å²) in [5, 5.41) is 0. The van der Waals surface area contributed by atoms with Crippen LogP contribution in [0.5, 0.6) is 0 Å². The largest absolute Gasteiger partial charge is 0.416 e. The number of carbonyl (C=O) groups is 1. The Morgan fingerprint density at radius 3 is 2.73 bits per heavy atom. The first kappa shape index (κ1) is 16.7. The summed E-state index contributed by atoms with van der Waals surface area (Å²) in [5.74, 6) is -0.956. The van der Waals surface area contributed by atoms with Crippen LogP contribution < -0.4 is 5.73 Å². The van der Waals surface area contributed by atoms with Gasteiger partial charge in [0.05, 0.1) is 5.56 Å². The molecule has 22 heavy (non-hydrogen) atoms. The molecule has 1 atom stereocenters. The predicted octanol–water partition coefficient (Wildman–Crippen LogP) is 2.93. The minimum Gasteiger partial charge on any atom is -0.370 e. The first-order valence-corrected chi connectivity index (χ1v) is 7.12. The molecule has 2 rings (SSSR count). The van der Waals surface area contributed by atoms with Crippen LogP contribution in [-0.2, 0) is 17.5 Å². The molecular formula is C15H18F4N2O. The maximum absolute atomic E-state index is 13.8. The van der Waals surface area contributed by atoms with E-state index in [0.29, 0.717) is 13.1 Å². The highest BCUT2D eigenvalue weighted by Gasteiger charge is 2.31. The van der Waals surface area contributed by atoms with Crippen LogP contribution in [0.25, 0.3) is 0 Å². The molecule has 1 aliphatic heterocycles. The summed E-state index contributed by atoms with van der Waals surface area (Å²) in [6, 6.07) is 2.45. The number of nitrogens with zero attached hydrogens (tertiary/aromatic N) is 1. The topological polar surface area (TPSA) is 46.3 Å². The molecule has 2 N–H and O–H groups in total. The Labute approximate surface area is 126 Å². The SMILES string of the molecule is NC(=O)CC1CCCN(Cc2cc(C(F)(F)F)ccc2F)C1. The Balaban J connectivity index is 2.08. The van der Waals surface area contributed by atoms with Crippen molar-refractivity contribution in [3.63, 3.8) is 0 Å². The molecule has 1 aromatic rings. The summed E-state index contributed by atoms with van der Waals surface area (Å²) in [6.45, 7) is 1.31. The van der Waals surface area contributed by atoms with E-state index in [4.69, 9.17) is 5.73 Å². The fourth-order valence-electron chi connectivity index (χ4n) is 2.86. The Morgan fingerprint density at radius 1 is 1.36 bits per heavy atom. The number of amides is 1. The number of likely N-dealkylation sites (tertiary alicyclic amines) is 1. The minimum atomic E-state index is -4.49. The van der Waals surface area contributed by atoms with Crippen molar-refractivity contribution < 1.29 is 22.4 Å². The maximum atomic E-state index is 13.8. The van der Waals surface area contributed by atoms with Crippen LogP contribution in [0, 0.1) is 11.7 Å². The normalized spacial score (nSPS) is 20.1. The second kappa shape index (κ2) is 6.64. The molecule has 1 amide bonds. The molecule has 1 saturated heterocycles. The fourth-order valence-corrected chi connectivity index (χ4v) is 2.86. The van der Waals surface area contributed by atoms with Crippen LogP contribution in [0.3, 0.4) is 0 Å². The number of hydrogen-bond acceptors (Lipinski definition) is 2. The van der Waals surface area contributed by atoms with Crippen molar-refractivity contribution in [2.45, 2.75) is 32.0 Å². The summed E-state index contributed by atoms with van der Waals surface area (Å²) in [4.78, 5) is 12.8. The van der Waals surface area contributed by atoms with Crippen molar-refractivity contribution in [2.24, 2.45) is 11.7 Å². The number of halogens is 4. The maximum Gasteiger partial charge on any atom is 0.416 e. The molecule has 0 aromatic heterocycles. The molecule has 0 bridgehead atoms. The first-order valence-electron chi connectivity index (χ1n) is 7.12. The third kappa shape index (κ3) is 4.43. The van der Waals surface area contributed by atoms with Gasteiger partial charge in [-0.2, -0.15) is 13.2 Å². The zero-order chi connectivity index (χ0) is 16.3. The summed E-state index contributed by atoms with van der Waals surface area (Å²) >= 11 is 0. The van der Waals surface area contributed by atoms with Gasteiger partial charge >= 0.3 is 6.18 Å². The van der Waals surface area contributed by atoms with E-state index in [0.717, 1.165) is 31.0 Å². The average Bonchev–Trinajstić information content (AvgIpc) is 2.39. The van der Waals surface area contributed by atoms with Gasteiger partial charge in [-0.15, -0.1) is 0 Å². The van der Waals surface area contributed by atoms with E-state index in [9.17, 15) is 22.4 Å². The van der Waals surface area contributed by atoms with Gasteiger partial charge in [-0.1, -0.05) is 0 Å². The van der Waals surface area contributed by atoms with Gasteiger partial charge in [0.25, 0.3) is 0 Å². The van der Waals surface area contributed by atoms with E-state index in [2.05, 4.69) is 0 Å². The molecule has 7 heteroatoms. The molecule has 0 spiro atoms. The van der Waals surface area contributed by atoms with Gasteiger partial charge < -0.3 is 5.73 Å². The molecule has 1 unspecified atom stereocenters. The van der Waals surface area contributed by atoms with Crippen LogP contribution in [0.2, 0.25) is 0 Å².